The summed E-state index contributed by atoms with van der Waals surface area (Å²) in [6.07, 6.45) is -1.16. The minimum atomic E-state index is -1.31. The van der Waals surface area contributed by atoms with Gasteiger partial charge >= 0.3 is 5.97 Å². The van der Waals surface area contributed by atoms with Crippen LogP contribution in [0, 0.1) is 0 Å². The maximum absolute atomic E-state index is 11.5. The molecule has 0 N–H and O–H groups in total. The van der Waals surface area contributed by atoms with Crippen LogP contribution in [-0.4, -0.2) is 44.5 Å². The molecule has 1 saturated heterocycles. The van der Waals surface area contributed by atoms with E-state index in [2.05, 4.69) is 10.0 Å². The van der Waals surface area contributed by atoms with E-state index in [9.17, 15) is 4.79 Å². The van der Waals surface area contributed by atoms with Crippen LogP contribution in [0.3, 0.4) is 0 Å². The summed E-state index contributed by atoms with van der Waals surface area (Å²) >= 11 is 0. The van der Waals surface area contributed by atoms with Crippen LogP contribution in [0.4, 0.5) is 0 Å². The summed E-state index contributed by atoms with van der Waals surface area (Å²) in [5, 5.41) is 3.45. The standard InChI is InChI=1S/C8H13N3O4/c1-8(10-11-9)6(14-3)5(4-13-2)15-7(8)12/h5-6H,4H2,1-3H3/t5-,6-,8-/m1/s1. The quantitative estimate of drug-likeness (QED) is 0.297. The molecular weight excluding hydrogens is 202 g/mol. The van der Waals surface area contributed by atoms with Crippen molar-refractivity contribution in [3.63, 3.8) is 0 Å². The highest BCUT2D eigenvalue weighted by Crippen LogP contribution is 2.32. The topological polar surface area (TPSA) is 93.5 Å². The number of hydrogen-bond donors (Lipinski definition) is 0. The Labute approximate surface area is 86.9 Å². The molecule has 1 rings (SSSR count). The summed E-state index contributed by atoms with van der Waals surface area (Å²) < 4.78 is 15.0. The number of methoxy groups -OCH3 is 2. The number of rotatable bonds is 4. The smallest absolute Gasteiger partial charge is 0.321 e. The lowest BCUT2D eigenvalue weighted by Crippen LogP contribution is -2.43. The van der Waals surface area contributed by atoms with Crippen molar-refractivity contribution < 1.29 is 19.0 Å². The summed E-state index contributed by atoms with van der Waals surface area (Å²) in [5.41, 5.74) is 7.09. The summed E-state index contributed by atoms with van der Waals surface area (Å²) in [7, 11) is 2.92. The Morgan fingerprint density at radius 1 is 1.67 bits per heavy atom. The lowest BCUT2D eigenvalue weighted by Gasteiger charge is -2.22. The molecule has 1 fully saturated rings. The molecule has 0 aromatic heterocycles. The number of hydrogen-bond acceptors (Lipinski definition) is 5. The Balaban J connectivity index is 2.97. The predicted molar refractivity (Wildman–Crippen MR) is 50.1 cm³/mol. The van der Waals surface area contributed by atoms with Crippen LogP contribution in [0.15, 0.2) is 5.11 Å². The number of nitrogens with zero attached hydrogens (tertiary/aromatic N) is 3. The largest absolute Gasteiger partial charge is 0.457 e. The zero-order valence-corrected chi connectivity index (χ0v) is 8.84. The number of carbonyl (C=O) groups is 1. The van der Waals surface area contributed by atoms with Gasteiger partial charge in [-0.15, -0.1) is 0 Å². The van der Waals surface area contributed by atoms with Gasteiger partial charge < -0.3 is 14.2 Å². The first-order valence-electron chi connectivity index (χ1n) is 4.39. The first-order chi connectivity index (χ1) is 7.10. The molecule has 0 aromatic rings. The molecule has 0 aliphatic carbocycles. The number of cyclic esters (lactones) is 1. The number of ether oxygens (including phenoxy) is 3. The van der Waals surface area contributed by atoms with Gasteiger partial charge in [0.1, 0.15) is 6.10 Å². The first-order valence-corrected chi connectivity index (χ1v) is 4.39. The molecular formula is C8H13N3O4. The van der Waals surface area contributed by atoms with E-state index in [1.807, 2.05) is 0 Å². The van der Waals surface area contributed by atoms with Crippen molar-refractivity contribution in [2.24, 2.45) is 5.11 Å². The lowest BCUT2D eigenvalue weighted by atomic mass is 9.95. The number of esters is 1. The van der Waals surface area contributed by atoms with E-state index in [1.165, 1.54) is 21.1 Å². The molecule has 0 amide bonds. The molecule has 0 spiro atoms. The molecule has 0 saturated carbocycles. The Bertz CT molecular complexity index is 302. The molecule has 0 aromatic carbocycles. The first kappa shape index (κ1) is 11.8. The van der Waals surface area contributed by atoms with Gasteiger partial charge in [0.2, 0.25) is 0 Å². The highest BCUT2D eigenvalue weighted by Gasteiger charge is 2.54. The minimum absolute atomic E-state index is 0.209. The van der Waals surface area contributed by atoms with E-state index in [4.69, 9.17) is 19.7 Å². The van der Waals surface area contributed by atoms with Crippen molar-refractivity contribution in [1.29, 1.82) is 0 Å². The van der Waals surface area contributed by atoms with Crippen molar-refractivity contribution in [1.82, 2.24) is 0 Å². The molecule has 7 heteroatoms. The fourth-order valence-corrected chi connectivity index (χ4v) is 1.65. The Morgan fingerprint density at radius 3 is 2.80 bits per heavy atom. The van der Waals surface area contributed by atoms with Gasteiger partial charge in [0.25, 0.3) is 0 Å². The van der Waals surface area contributed by atoms with Gasteiger partial charge in [0, 0.05) is 19.1 Å². The maximum atomic E-state index is 11.5. The molecule has 0 unspecified atom stereocenters. The fraction of sp³-hybridized carbons (Fsp3) is 0.875. The second-order valence-corrected chi connectivity index (χ2v) is 3.39. The molecule has 1 aliphatic rings. The Kier molecular flexibility index (Phi) is 3.52. The van der Waals surface area contributed by atoms with Crippen LogP contribution in [0.25, 0.3) is 10.4 Å². The number of azide groups is 1. The van der Waals surface area contributed by atoms with Crippen molar-refractivity contribution in [2.75, 3.05) is 20.8 Å². The van der Waals surface area contributed by atoms with Crippen LogP contribution < -0.4 is 0 Å². The third-order valence-corrected chi connectivity index (χ3v) is 2.40. The molecule has 7 nitrogen and oxygen atoms in total. The van der Waals surface area contributed by atoms with E-state index >= 15 is 0 Å². The van der Waals surface area contributed by atoms with E-state index in [-0.39, 0.29) is 6.61 Å². The summed E-state index contributed by atoms with van der Waals surface area (Å²) in [5.74, 6) is -0.589. The zero-order chi connectivity index (χ0) is 11.5. The second kappa shape index (κ2) is 4.48. The molecule has 0 radical (unpaired) electrons. The normalized spacial score (nSPS) is 34.7. The van der Waals surface area contributed by atoms with Gasteiger partial charge in [-0.2, -0.15) is 0 Å². The van der Waals surface area contributed by atoms with Crippen LogP contribution in [0.1, 0.15) is 6.92 Å². The van der Waals surface area contributed by atoms with Crippen LogP contribution in [-0.2, 0) is 19.0 Å². The molecule has 15 heavy (non-hydrogen) atoms. The van der Waals surface area contributed by atoms with Crippen LogP contribution in [0.2, 0.25) is 0 Å². The highest BCUT2D eigenvalue weighted by molar-refractivity contribution is 5.84. The minimum Gasteiger partial charge on any atom is -0.457 e. The van der Waals surface area contributed by atoms with Crippen LogP contribution in [0.5, 0.6) is 0 Å². The monoisotopic (exact) mass is 215 g/mol. The summed E-state index contributed by atoms with van der Waals surface area (Å²) in [4.78, 5) is 14.2. The average Bonchev–Trinajstić information content (AvgIpc) is 2.40. The Hall–Kier alpha value is -1.30. The summed E-state index contributed by atoms with van der Waals surface area (Å²) in [6, 6.07) is 0. The third-order valence-electron chi connectivity index (χ3n) is 2.40. The van der Waals surface area contributed by atoms with E-state index in [0.29, 0.717) is 0 Å². The summed E-state index contributed by atoms with van der Waals surface area (Å²) in [6.45, 7) is 1.69. The third kappa shape index (κ3) is 1.90. The van der Waals surface area contributed by atoms with Gasteiger partial charge in [0.15, 0.2) is 11.6 Å². The van der Waals surface area contributed by atoms with Crippen molar-refractivity contribution >= 4 is 5.97 Å². The zero-order valence-electron chi connectivity index (χ0n) is 8.84. The van der Waals surface area contributed by atoms with Crippen molar-refractivity contribution in [3.8, 4) is 0 Å². The van der Waals surface area contributed by atoms with E-state index < -0.39 is 23.7 Å². The molecule has 1 heterocycles. The molecule has 3 atom stereocenters. The second-order valence-electron chi connectivity index (χ2n) is 3.39. The van der Waals surface area contributed by atoms with Gasteiger partial charge in [-0.3, -0.25) is 4.79 Å². The average molecular weight is 215 g/mol. The van der Waals surface area contributed by atoms with Gasteiger partial charge in [0.05, 0.1) is 6.61 Å². The van der Waals surface area contributed by atoms with Gasteiger partial charge in [-0.25, -0.2) is 0 Å². The SMILES string of the molecule is COC[C@H]1OC(=O)[C@](C)(N=[N+]=[N-])[C@@H]1OC. The molecule has 1 aliphatic heterocycles. The predicted octanol–water partition coefficient (Wildman–Crippen LogP) is 0.642. The molecule has 0 bridgehead atoms. The van der Waals surface area contributed by atoms with Crippen molar-refractivity contribution in [3.05, 3.63) is 10.4 Å². The van der Waals surface area contributed by atoms with E-state index in [1.54, 1.807) is 0 Å². The van der Waals surface area contributed by atoms with Crippen LogP contribution >= 0.6 is 0 Å². The molecule has 84 valence electrons. The Morgan fingerprint density at radius 2 is 2.33 bits per heavy atom. The van der Waals surface area contributed by atoms with Gasteiger partial charge in [-0.1, -0.05) is 5.11 Å². The van der Waals surface area contributed by atoms with Gasteiger partial charge in [-0.05, 0) is 12.5 Å². The highest BCUT2D eigenvalue weighted by atomic mass is 16.6. The lowest BCUT2D eigenvalue weighted by molar-refractivity contribution is -0.146. The van der Waals surface area contributed by atoms with Crippen molar-refractivity contribution in [2.45, 2.75) is 24.7 Å². The van der Waals surface area contributed by atoms with E-state index in [0.717, 1.165) is 0 Å². The number of carbonyl (C=O) groups excluding carboxylic acids is 1. The fourth-order valence-electron chi connectivity index (χ4n) is 1.65. The maximum Gasteiger partial charge on any atom is 0.321 e.